The Morgan fingerprint density at radius 3 is 2.89 bits per heavy atom. The van der Waals surface area contributed by atoms with E-state index in [1.54, 1.807) is 24.7 Å². The lowest BCUT2D eigenvalue weighted by Gasteiger charge is -2.07. The van der Waals surface area contributed by atoms with Gasteiger partial charge in [-0.2, -0.15) is 0 Å². The van der Waals surface area contributed by atoms with Crippen LogP contribution in [0.4, 0.5) is 5.82 Å². The standard InChI is InChI=1S/C14H12N4O/c1-10-5-6-11(9-16-10)14(19)17-13-4-2-3-12-15-7-8-18(12)13/h2-9H,1H3,(H,17,19). The van der Waals surface area contributed by atoms with Crippen LogP contribution in [0.25, 0.3) is 5.65 Å². The SMILES string of the molecule is Cc1ccc(C(=O)Nc2cccc3nccn23)cn1. The van der Waals surface area contributed by atoms with Crippen LogP contribution in [0.2, 0.25) is 0 Å². The van der Waals surface area contributed by atoms with Gasteiger partial charge in [0.1, 0.15) is 11.5 Å². The van der Waals surface area contributed by atoms with Gasteiger partial charge in [0.15, 0.2) is 0 Å². The second-order valence-electron chi connectivity index (χ2n) is 4.21. The van der Waals surface area contributed by atoms with Gasteiger partial charge in [0, 0.05) is 24.3 Å². The maximum absolute atomic E-state index is 12.1. The first kappa shape index (κ1) is 11.4. The Morgan fingerprint density at radius 2 is 2.11 bits per heavy atom. The lowest BCUT2D eigenvalue weighted by Crippen LogP contribution is -2.14. The maximum atomic E-state index is 12.1. The molecule has 0 aromatic carbocycles. The Morgan fingerprint density at radius 1 is 1.21 bits per heavy atom. The minimum absolute atomic E-state index is 0.186. The van der Waals surface area contributed by atoms with Crippen molar-refractivity contribution in [1.82, 2.24) is 14.4 Å². The molecule has 0 spiro atoms. The summed E-state index contributed by atoms with van der Waals surface area (Å²) in [7, 11) is 0. The van der Waals surface area contributed by atoms with Crippen molar-refractivity contribution < 1.29 is 4.79 Å². The van der Waals surface area contributed by atoms with Crippen LogP contribution in [0.15, 0.2) is 48.9 Å². The molecule has 5 heteroatoms. The molecule has 0 fully saturated rings. The van der Waals surface area contributed by atoms with Crippen LogP contribution in [-0.4, -0.2) is 20.3 Å². The largest absolute Gasteiger partial charge is 0.308 e. The fourth-order valence-corrected chi connectivity index (χ4v) is 1.84. The zero-order valence-electron chi connectivity index (χ0n) is 10.4. The van der Waals surface area contributed by atoms with E-state index in [9.17, 15) is 4.79 Å². The van der Waals surface area contributed by atoms with Crippen LogP contribution in [-0.2, 0) is 0 Å². The zero-order chi connectivity index (χ0) is 13.2. The van der Waals surface area contributed by atoms with Crippen molar-refractivity contribution in [1.29, 1.82) is 0 Å². The number of pyridine rings is 2. The molecule has 1 amide bonds. The molecule has 3 aromatic heterocycles. The summed E-state index contributed by atoms with van der Waals surface area (Å²) in [5.74, 6) is 0.495. The van der Waals surface area contributed by atoms with E-state index in [0.29, 0.717) is 11.4 Å². The molecule has 3 heterocycles. The van der Waals surface area contributed by atoms with Gasteiger partial charge in [-0.15, -0.1) is 0 Å². The molecule has 0 bridgehead atoms. The van der Waals surface area contributed by atoms with Gasteiger partial charge >= 0.3 is 0 Å². The number of nitrogens with zero attached hydrogens (tertiary/aromatic N) is 3. The summed E-state index contributed by atoms with van der Waals surface area (Å²) in [4.78, 5) is 20.4. The fourth-order valence-electron chi connectivity index (χ4n) is 1.84. The number of carbonyl (C=O) groups is 1. The molecule has 0 saturated heterocycles. The van der Waals surface area contributed by atoms with Crippen LogP contribution in [0.1, 0.15) is 16.1 Å². The molecule has 0 saturated carbocycles. The number of nitrogens with one attached hydrogen (secondary N) is 1. The average molecular weight is 252 g/mol. The van der Waals surface area contributed by atoms with Crippen molar-refractivity contribution >= 4 is 17.4 Å². The number of aryl methyl sites for hydroxylation is 1. The number of hydrogen-bond acceptors (Lipinski definition) is 3. The Balaban J connectivity index is 1.90. The first-order valence-corrected chi connectivity index (χ1v) is 5.90. The molecule has 1 N–H and O–H groups in total. The Labute approximate surface area is 109 Å². The topological polar surface area (TPSA) is 59.3 Å². The average Bonchev–Trinajstić information content (AvgIpc) is 2.89. The highest BCUT2D eigenvalue weighted by atomic mass is 16.1. The van der Waals surface area contributed by atoms with Gasteiger partial charge in [-0.05, 0) is 31.2 Å². The van der Waals surface area contributed by atoms with Crippen LogP contribution >= 0.6 is 0 Å². The van der Waals surface area contributed by atoms with E-state index in [-0.39, 0.29) is 5.91 Å². The molecular weight excluding hydrogens is 240 g/mol. The third-order valence-corrected chi connectivity index (χ3v) is 2.84. The number of hydrogen-bond donors (Lipinski definition) is 1. The normalized spacial score (nSPS) is 10.6. The second kappa shape index (κ2) is 4.53. The minimum Gasteiger partial charge on any atom is -0.308 e. The molecule has 3 aromatic rings. The lowest BCUT2D eigenvalue weighted by atomic mass is 10.2. The number of anilines is 1. The van der Waals surface area contributed by atoms with Crippen LogP contribution in [0.5, 0.6) is 0 Å². The van der Waals surface area contributed by atoms with E-state index in [1.165, 1.54) is 0 Å². The molecule has 5 nitrogen and oxygen atoms in total. The van der Waals surface area contributed by atoms with Gasteiger partial charge in [0.05, 0.1) is 5.56 Å². The molecule has 3 rings (SSSR count). The maximum Gasteiger partial charge on any atom is 0.258 e. The van der Waals surface area contributed by atoms with Crippen LogP contribution in [0.3, 0.4) is 0 Å². The van der Waals surface area contributed by atoms with Crippen molar-refractivity contribution in [2.45, 2.75) is 6.92 Å². The summed E-state index contributed by atoms with van der Waals surface area (Å²) in [6, 6.07) is 9.13. The fraction of sp³-hybridized carbons (Fsp3) is 0.0714. The van der Waals surface area contributed by atoms with E-state index >= 15 is 0 Å². The monoisotopic (exact) mass is 252 g/mol. The molecule has 0 aliphatic heterocycles. The zero-order valence-corrected chi connectivity index (χ0v) is 10.4. The van der Waals surface area contributed by atoms with Gasteiger partial charge in [-0.1, -0.05) is 6.07 Å². The molecular formula is C14H12N4O. The van der Waals surface area contributed by atoms with Crippen molar-refractivity contribution in [3.05, 3.63) is 60.2 Å². The van der Waals surface area contributed by atoms with Gasteiger partial charge in [-0.25, -0.2) is 4.98 Å². The van der Waals surface area contributed by atoms with E-state index in [1.807, 2.05) is 35.6 Å². The van der Waals surface area contributed by atoms with E-state index in [0.717, 1.165) is 11.3 Å². The molecule has 0 atom stereocenters. The highest BCUT2D eigenvalue weighted by Gasteiger charge is 2.08. The van der Waals surface area contributed by atoms with E-state index in [2.05, 4.69) is 15.3 Å². The summed E-state index contributed by atoms with van der Waals surface area (Å²) in [6.07, 6.45) is 5.06. The predicted octanol–water partition coefficient (Wildman–Crippen LogP) is 2.29. The van der Waals surface area contributed by atoms with Crippen LogP contribution < -0.4 is 5.32 Å². The third kappa shape index (κ3) is 2.18. The van der Waals surface area contributed by atoms with E-state index in [4.69, 9.17) is 0 Å². The van der Waals surface area contributed by atoms with Crippen molar-refractivity contribution in [3.63, 3.8) is 0 Å². The summed E-state index contributed by atoms with van der Waals surface area (Å²) >= 11 is 0. The van der Waals surface area contributed by atoms with Crippen LogP contribution in [0, 0.1) is 6.92 Å². The van der Waals surface area contributed by atoms with Crippen molar-refractivity contribution in [3.8, 4) is 0 Å². The van der Waals surface area contributed by atoms with Gasteiger partial charge in [-0.3, -0.25) is 14.2 Å². The summed E-state index contributed by atoms with van der Waals surface area (Å²) in [5.41, 5.74) is 2.20. The van der Waals surface area contributed by atoms with Gasteiger partial charge in [0.2, 0.25) is 0 Å². The van der Waals surface area contributed by atoms with Crippen molar-refractivity contribution in [2.24, 2.45) is 0 Å². The van der Waals surface area contributed by atoms with Gasteiger partial charge < -0.3 is 5.32 Å². The molecule has 0 aliphatic carbocycles. The Kier molecular flexibility index (Phi) is 2.72. The highest BCUT2D eigenvalue weighted by molar-refractivity contribution is 6.03. The smallest absolute Gasteiger partial charge is 0.258 e. The second-order valence-corrected chi connectivity index (χ2v) is 4.21. The first-order valence-electron chi connectivity index (χ1n) is 5.90. The lowest BCUT2D eigenvalue weighted by molar-refractivity contribution is 0.102. The highest BCUT2D eigenvalue weighted by Crippen LogP contribution is 2.12. The quantitative estimate of drug-likeness (QED) is 0.761. The molecule has 19 heavy (non-hydrogen) atoms. The number of rotatable bonds is 2. The Hall–Kier alpha value is -2.69. The summed E-state index contributed by atoms with van der Waals surface area (Å²) < 4.78 is 1.82. The number of amides is 1. The molecule has 0 unspecified atom stereocenters. The summed E-state index contributed by atoms with van der Waals surface area (Å²) in [5, 5.41) is 2.85. The minimum atomic E-state index is -0.186. The summed E-state index contributed by atoms with van der Waals surface area (Å²) in [6.45, 7) is 1.88. The molecule has 94 valence electrons. The number of carbonyl (C=O) groups excluding carboxylic acids is 1. The van der Waals surface area contributed by atoms with E-state index < -0.39 is 0 Å². The van der Waals surface area contributed by atoms with Crippen molar-refractivity contribution in [2.75, 3.05) is 5.32 Å². The number of fused-ring (bicyclic) bond motifs is 1. The molecule has 0 aliphatic rings. The number of aromatic nitrogens is 3. The predicted molar refractivity (Wildman–Crippen MR) is 72.1 cm³/mol. The van der Waals surface area contributed by atoms with Gasteiger partial charge in [0.25, 0.3) is 5.91 Å². The first-order chi connectivity index (χ1) is 9.24. The number of imidazole rings is 1. The third-order valence-electron chi connectivity index (χ3n) is 2.84. The molecule has 0 radical (unpaired) electrons. The Bertz CT molecular complexity index is 731.